The van der Waals surface area contributed by atoms with Crippen LogP contribution in [0, 0.1) is 5.82 Å². The monoisotopic (exact) mass is 615 g/mol. The number of nitrogens with zero attached hydrogens (tertiary/aromatic N) is 4. The highest BCUT2D eigenvalue weighted by molar-refractivity contribution is 7.92. The van der Waals surface area contributed by atoms with Gasteiger partial charge in [-0.15, -0.1) is 12.4 Å². The molecule has 0 bridgehead atoms. The molecule has 1 saturated heterocycles. The van der Waals surface area contributed by atoms with Crippen molar-refractivity contribution in [2.75, 3.05) is 55.0 Å². The van der Waals surface area contributed by atoms with Crippen molar-refractivity contribution in [3.8, 4) is 0 Å². The van der Waals surface area contributed by atoms with Gasteiger partial charge in [-0.25, -0.2) is 17.8 Å². The van der Waals surface area contributed by atoms with Crippen LogP contribution < -0.4 is 14.5 Å². The van der Waals surface area contributed by atoms with Crippen LogP contribution in [-0.4, -0.2) is 70.0 Å². The highest BCUT2D eigenvalue weighted by atomic mass is 35.5. The molecule has 1 amide bonds. The van der Waals surface area contributed by atoms with Crippen LogP contribution in [0.4, 0.5) is 15.2 Å². The van der Waals surface area contributed by atoms with Gasteiger partial charge in [-0.2, -0.15) is 0 Å². The Labute approximate surface area is 249 Å². The lowest BCUT2D eigenvalue weighted by Gasteiger charge is -2.34. The second-order valence-corrected chi connectivity index (χ2v) is 12.9. The maximum atomic E-state index is 13.5. The maximum absolute atomic E-state index is 13.5. The summed E-state index contributed by atoms with van der Waals surface area (Å²) >= 11 is 1.50. The van der Waals surface area contributed by atoms with Crippen LogP contribution >= 0.6 is 23.7 Å². The summed E-state index contributed by atoms with van der Waals surface area (Å²) < 4.78 is 42.5. The molecule has 0 aliphatic carbocycles. The van der Waals surface area contributed by atoms with Crippen LogP contribution in [0.25, 0.3) is 10.2 Å². The number of aromatic nitrogens is 1. The van der Waals surface area contributed by atoms with Crippen LogP contribution in [0.5, 0.6) is 0 Å². The molecule has 1 aromatic heterocycles. The van der Waals surface area contributed by atoms with Crippen molar-refractivity contribution in [3.05, 3.63) is 83.7 Å². The first-order valence-electron chi connectivity index (χ1n) is 13.4. The molecule has 1 N–H and O–H groups in total. The Morgan fingerprint density at radius 2 is 1.73 bits per heavy atom. The number of rotatable bonds is 7. The Kier molecular flexibility index (Phi) is 8.79. The number of anilines is 2. The van der Waals surface area contributed by atoms with Gasteiger partial charge in [0.2, 0.25) is 0 Å². The van der Waals surface area contributed by atoms with E-state index in [4.69, 9.17) is 0 Å². The van der Waals surface area contributed by atoms with E-state index in [1.165, 1.54) is 39.9 Å². The van der Waals surface area contributed by atoms with E-state index < -0.39 is 10.0 Å². The second-order valence-electron chi connectivity index (χ2n) is 10.0. The largest absolute Gasteiger partial charge is 0.351 e. The Balaban J connectivity index is 0.00000337. The van der Waals surface area contributed by atoms with Crippen molar-refractivity contribution < 1.29 is 17.6 Å². The molecular formula is C29H31ClFN5O3S2. The number of benzene rings is 3. The molecular weight excluding hydrogens is 585 g/mol. The van der Waals surface area contributed by atoms with E-state index in [2.05, 4.69) is 20.1 Å². The summed E-state index contributed by atoms with van der Waals surface area (Å²) in [5.41, 5.74) is 3.00. The Morgan fingerprint density at radius 1 is 0.976 bits per heavy atom. The second kappa shape index (κ2) is 12.3. The van der Waals surface area contributed by atoms with Gasteiger partial charge in [0.05, 0.1) is 20.8 Å². The summed E-state index contributed by atoms with van der Waals surface area (Å²) in [6.07, 6.45) is 1.64. The topological polar surface area (TPSA) is 85.9 Å². The molecule has 12 heteroatoms. The van der Waals surface area contributed by atoms with Crippen LogP contribution in [-0.2, 0) is 16.4 Å². The predicted molar refractivity (Wildman–Crippen MR) is 164 cm³/mol. The molecule has 6 rings (SSSR count). The first kappa shape index (κ1) is 29.2. The highest BCUT2D eigenvalue weighted by Gasteiger charge is 2.29. The van der Waals surface area contributed by atoms with E-state index in [1.807, 2.05) is 24.3 Å². The zero-order chi connectivity index (χ0) is 27.7. The molecule has 2 aliphatic rings. The summed E-state index contributed by atoms with van der Waals surface area (Å²) in [5.74, 6) is -0.480. The van der Waals surface area contributed by atoms with Crippen molar-refractivity contribution >= 4 is 60.7 Å². The average Bonchev–Trinajstić information content (AvgIpc) is 3.40. The minimum Gasteiger partial charge on any atom is -0.351 e. The Morgan fingerprint density at radius 3 is 2.51 bits per heavy atom. The van der Waals surface area contributed by atoms with Gasteiger partial charge in [-0.05, 0) is 66.9 Å². The number of nitrogens with one attached hydrogen (secondary N) is 1. The van der Waals surface area contributed by atoms with E-state index in [1.54, 1.807) is 18.2 Å². The summed E-state index contributed by atoms with van der Waals surface area (Å²) in [6, 6.07) is 18.4. The summed E-state index contributed by atoms with van der Waals surface area (Å²) in [5, 5.41) is 3.85. The van der Waals surface area contributed by atoms with Gasteiger partial charge in [-0.1, -0.05) is 29.5 Å². The van der Waals surface area contributed by atoms with Gasteiger partial charge in [0.25, 0.3) is 15.9 Å². The number of para-hydroxylation sites is 1. The first-order valence-corrected chi connectivity index (χ1v) is 15.7. The lowest BCUT2D eigenvalue weighted by Crippen LogP contribution is -2.48. The molecule has 4 aromatic rings. The third-order valence-corrected chi connectivity index (χ3v) is 10.4. The molecule has 1 fully saturated rings. The van der Waals surface area contributed by atoms with Crippen molar-refractivity contribution in [1.82, 2.24) is 15.2 Å². The third-order valence-electron chi connectivity index (χ3n) is 7.47. The number of amides is 1. The van der Waals surface area contributed by atoms with Crippen molar-refractivity contribution in [1.29, 1.82) is 0 Å². The number of piperazine rings is 1. The minimum atomic E-state index is -3.71. The molecule has 2 aliphatic heterocycles. The van der Waals surface area contributed by atoms with Crippen molar-refractivity contribution in [3.63, 3.8) is 0 Å². The fraction of sp³-hybridized carbons (Fsp3) is 0.310. The Bertz CT molecular complexity index is 1640. The molecule has 41 heavy (non-hydrogen) atoms. The number of thiazole rings is 1. The maximum Gasteiger partial charge on any atom is 0.264 e. The van der Waals surface area contributed by atoms with Gasteiger partial charge >= 0.3 is 0 Å². The van der Waals surface area contributed by atoms with Crippen LogP contribution in [0.3, 0.4) is 0 Å². The zero-order valence-corrected chi connectivity index (χ0v) is 24.8. The molecule has 3 heterocycles. The molecule has 0 spiro atoms. The molecule has 0 radical (unpaired) electrons. The number of hydrogen-bond donors (Lipinski definition) is 1. The summed E-state index contributed by atoms with van der Waals surface area (Å²) in [6.45, 7) is 4.95. The SMILES string of the molecule is Cl.O=C(NCCN1CCN(c2nc3ccc(F)cc3s2)CC1)c1ccc(S(=O)(=O)N2CCCc3ccccc32)cc1. The minimum absolute atomic E-state index is 0. The van der Waals surface area contributed by atoms with Gasteiger partial charge in [-0.3, -0.25) is 14.0 Å². The molecule has 0 atom stereocenters. The number of halogens is 2. The summed E-state index contributed by atoms with van der Waals surface area (Å²) in [7, 11) is -3.71. The fourth-order valence-corrected chi connectivity index (χ4v) is 7.85. The lowest BCUT2D eigenvalue weighted by molar-refractivity contribution is 0.0947. The number of hydrogen-bond acceptors (Lipinski definition) is 7. The number of sulfonamides is 1. The highest BCUT2D eigenvalue weighted by Crippen LogP contribution is 2.32. The lowest BCUT2D eigenvalue weighted by atomic mass is 10.0. The summed E-state index contributed by atoms with van der Waals surface area (Å²) in [4.78, 5) is 22.1. The first-order chi connectivity index (χ1) is 19.4. The molecule has 8 nitrogen and oxygen atoms in total. The smallest absolute Gasteiger partial charge is 0.264 e. The molecule has 0 saturated carbocycles. The number of carbonyl (C=O) groups excluding carboxylic acids is 1. The normalized spacial score (nSPS) is 15.8. The van der Waals surface area contributed by atoms with Gasteiger partial charge in [0.1, 0.15) is 5.82 Å². The Hall–Kier alpha value is -3.25. The van der Waals surface area contributed by atoms with Gasteiger partial charge in [0, 0.05) is 51.4 Å². The zero-order valence-electron chi connectivity index (χ0n) is 22.3. The number of fused-ring (bicyclic) bond motifs is 2. The molecule has 3 aromatic carbocycles. The van der Waals surface area contributed by atoms with E-state index >= 15 is 0 Å². The predicted octanol–water partition coefficient (Wildman–Crippen LogP) is 4.55. The van der Waals surface area contributed by atoms with E-state index in [9.17, 15) is 17.6 Å². The van der Waals surface area contributed by atoms with Gasteiger partial charge < -0.3 is 10.2 Å². The van der Waals surface area contributed by atoms with Crippen LogP contribution in [0.15, 0.2) is 71.6 Å². The van der Waals surface area contributed by atoms with Crippen LogP contribution in [0.1, 0.15) is 22.3 Å². The van der Waals surface area contributed by atoms with Crippen LogP contribution in [0.2, 0.25) is 0 Å². The standard InChI is InChI=1S/C29H30FN5O3S2.ClH/c30-23-9-12-25-27(20-23)39-29(32-25)34-18-16-33(17-19-34)15-13-31-28(36)22-7-10-24(11-8-22)40(37,38)35-14-3-5-21-4-1-2-6-26(21)35;/h1-2,4,6-12,20H,3,5,13-19H2,(H,31,36);1H. The van der Waals surface area contributed by atoms with E-state index in [-0.39, 0.29) is 29.0 Å². The van der Waals surface area contributed by atoms with E-state index in [0.29, 0.717) is 25.2 Å². The average molecular weight is 616 g/mol. The van der Waals surface area contributed by atoms with Crippen molar-refractivity contribution in [2.45, 2.75) is 17.7 Å². The van der Waals surface area contributed by atoms with Crippen molar-refractivity contribution in [2.24, 2.45) is 0 Å². The third kappa shape index (κ3) is 6.18. The number of aryl methyl sites for hydroxylation is 1. The fourth-order valence-electron chi connectivity index (χ4n) is 5.27. The van der Waals surface area contributed by atoms with E-state index in [0.717, 1.165) is 65.6 Å². The molecule has 0 unspecified atom stereocenters. The molecule has 216 valence electrons. The van der Waals surface area contributed by atoms with Gasteiger partial charge in [0.15, 0.2) is 5.13 Å². The number of carbonyl (C=O) groups is 1. The quantitative estimate of drug-likeness (QED) is 0.328.